The Morgan fingerprint density at radius 3 is 2.17 bits per heavy atom. The number of hydrogen-bond donors (Lipinski definition) is 0. The highest BCUT2D eigenvalue weighted by molar-refractivity contribution is 5.76. The Morgan fingerprint density at radius 1 is 0.867 bits per heavy atom. The smallest absolute Gasteiger partial charge is 0.323 e. The van der Waals surface area contributed by atoms with Crippen LogP contribution in [0.3, 0.4) is 0 Å². The molecule has 4 rings (SSSR count). The summed E-state index contributed by atoms with van der Waals surface area (Å²) in [6.45, 7) is 5.95. The van der Waals surface area contributed by atoms with Crippen LogP contribution in [0.2, 0.25) is 0 Å². The van der Waals surface area contributed by atoms with Gasteiger partial charge < -0.3 is 9.47 Å². The van der Waals surface area contributed by atoms with Gasteiger partial charge in [0.15, 0.2) is 0 Å². The molecule has 0 amide bonds. The second kappa shape index (κ2) is 9.14. The van der Waals surface area contributed by atoms with Crippen molar-refractivity contribution < 1.29 is 14.3 Å². The van der Waals surface area contributed by atoms with E-state index in [2.05, 4.69) is 43.0 Å². The van der Waals surface area contributed by atoms with Gasteiger partial charge in [-0.25, -0.2) is 0 Å². The summed E-state index contributed by atoms with van der Waals surface area (Å²) in [4.78, 5) is 15.2. The summed E-state index contributed by atoms with van der Waals surface area (Å²) in [5.74, 6) is 1.50. The maximum atomic E-state index is 13.0. The monoisotopic (exact) mass is 401 g/mol. The summed E-state index contributed by atoms with van der Waals surface area (Å²) in [7, 11) is 0. The number of para-hydroxylation sites is 1. The van der Waals surface area contributed by atoms with Crippen LogP contribution in [-0.4, -0.2) is 16.9 Å². The molecule has 0 N–H and O–H groups in total. The van der Waals surface area contributed by atoms with Gasteiger partial charge in [0, 0.05) is 13.1 Å². The van der Waals surface area contributed by atoms with Crippen molar-refractivity contribution in [2.75, 3.05) is 0 Å². The molecule has 1 unspecified atom stereocenters. The molecule has 0 aromatic heterocycles. The van der Waals surface area contributed by atoms with Crippen LogP contribution in [0.25, 0.3) is 0 Å². The molecule has 0 bridgehead atoms. The molecule has 3 aromatic carbocycles. The van der Waals surface area contributed by atoms with Gasteiger partial charge >= 0.3 is 5.97 Å². The number of hydrogen-bond acceptors (Lipinski definition) is 4. The minimum atomic E-state index is -0.263. The van der Waals surface area contributed by atoms with Crippen LogP contribution < -0.4 is 4.74 Å². The van der Waals surface area contributed by atoms with Crippen molar-refractivity contribution in [1.29, 1.82) is 0 Å². The van der Waals surface area contributed by atoms with Crippen LogP contribution in [-0.2, 0) is 29.2 Å². The number of carbonyl (C=O) groups is 1. The minimum Gasteiger partial charge on any atom is -0.460 e. The van der Waals surface area contributed by atoms with E-state index in [1.807, 2.05) is 54.6 Å². The molecule has 4 nitrogen and oxygen atoms in total. The van der Waals surface area contributed by atoms with Crippen LogP contribution in [0.15, 0.2) is 78.9 Å². The number of carbonyl (C=O) groups excluding carboxylic acids is 1. The molecule has 1 atom stereocenters. The third-order valence-corrected chi connectivity index (χ3v) is 5.39. The number of fused-ring (bicyclic) bond motifs is 1. The van der Waals surface area contributed by atoms with E-state index >= 15 is 0 Å². The summed E-state index contributed by atoms with van der Waals surface area (Å²) in [5.41, 5.74) is 3.49. The van der Waals surface area contributed by atoms with Crippen molar-refractivity contribution in [2.45, 2.75) is 39.6 Å². The van der Waals surface area contributed by atoms with Crippen molar-refractivity contribution in [3.63, 3.8) is 0 Å². The molecule has 3 aromatic rings. The molecule has 1 heterocycles. The van der Waals surface area contributed by atoms with Gasteiger partial charge in [-0.1, -0.05) is 68.4 Å². The predicted molar refractivity (Wildman–Crippen MR) is 117 cm³/mol. The molecule has 0 saturated heterocycles. The Kier molecular flexibility index (Phi) is 6.15. The van der Waals surface area contributed by atoms with Crippen LogP contribution in [0.5, 0.6) is 11.5 Å². The molecule has 154 valence electrons. The summed E-state index contributed by atoms with van der Waals surface area (Å²) in [6, 6.07) is 25.4. The lowest BCUT2D eigenvalue weighted by Gasteiger charge is -2.28. The first kappa shape index (κ1) is 20.2. The average Bonchev–Trinajstić information content (AvgIpc) is 3.16. The van der Waals surface area contributed by atoms with E-state index in [9.17, 15) is 4.79 Å². The lowest BCUT2D eigenvalue weighted by atomic mass is 10.0. The normalized spacial score (nSPS) is 14.4. The Morgan fingerprint density at radius 2 is 1.50 bits per heavy atom. The fourth-order valence-electron chi connectivity index (χ4n) is 3.96. The van der Waals surface area contributed by atoms with Crippen LogP contribution in [0.4, 0.5) is 0 Å². The van der Waals surface area contributed by atoms with Crippen molar-refractivity contribution in [1.82, 2.24) is 4.90 Å². The van der Waals surface area contributed by atoms with Crippen LogP contribution in [0.1, 0.15) is 30.5 Å². The summed E-state index contributed by atoms with van der Waals surface area (Å²) in [5, 5.41) is 0. The van der Waals surface area contributed by atoms with E-state index in [4.69, 9.17) is 9.47 Å². The average molecular weight is 402 g/mol. The fourth-order valence-corrected chi connectivity index (χ4v) is 3.96. The van der Waals surface area contributed by atoms with Crippen LogP contribution in [0, 0.1) is 5.92 Å². The maximum absolute atomic E-state index is 13.0. The Hall–Kier alpha value is -3.11. The first-order valence-electron chi connectivity index (χ1n) is 10.4. The Balaban J connectivity index is 1.39. The van der Waals surface area contributed by atoms with Gasteiger partial charge in [0.1, 0.15) is 24.1 Å². The molecule has 0 radical (unpaired) electrons. The zero-order chi connectivity index (χ0) is 20.9. The van der Waals surface area contributed by atoms with Gasteiger partial charge in [-0.05, 0) is 46.9 Å². The second-order valence-corrected chi connectivity index (χ2v) is 8.03. The lowest BCUT2D eigenvalue weighted by molar-refractivity contribution is -0.153. The molecule has 0 spiro atoms. The number of benzene rings is 3. The van der Waals surface area contributed by atoms with Crippen molar-refractivity contribution in [3.05, 3.63) is 95.6 Å². The predicted octanol–water partition coefficient (Wildman–Crippen LogP) is 5.56. The molecule has 0 fully saturated rings. The summed E-state index contributed by atoms with van der Waals surface area (Å²) < 4.78 is 11.6. The van der Waals surface area contributed by atoms with E-state index < -0.39 is 0 Å². The molecule has 1 aliphatic rings. The van der Waals surface area contributed by atoms with Gasteiger partial charge in [-0.2, -0.15) is 0 Å². The van der Waals surface area contributed by atoms with Gasteiger partial charge in [-0.3, -0.25) is 9.69 Å². The van der Waals surface area contributed by atoms with E-state index in [0.29, 0.717) is 0 Å². The summed E-state index contributed by atoms with van der Waals surface area (Å²) >= 11 is 0. The highest BCUT2D eigenvalue weighted by atomic mass is 16.5. The highest BCUT2D eigenvalue weighted by Gasteiger charge is 2.34. The van der Waals surface area contributed by atoms with Gasteiger partial charge in [0.25, 0.3) is 0 Å². The van der Waals surface area contributed by atoms with Gasteiger partial charge in [-0.15, -0.1) is 0 Å². The second-order valence-electron chi connectivity index (χ2n) is 8.03. The maximum Gasteiger partial charge on any atom is 0.323 e. The first-order valence-corrected chi connectivity index (χ1v) is 10.4. The Labute approximate surface area is 178 Å². The standard InChI is InChI=1S/C26H27NO3/c1-19(2)25(27-16-21-10-6-7-11-22(21)17-27)26(28)29-18-20-9-8-14-24(15-20)30-23-12-4-3-5-13-23/h3-15,19,25H,16-18H2,1-2H3. The van der Waals surface area contributed by atoms with Crippen molar-refractivity contribution in [3.8, 4) is 11.5 Å². The highest BCUT2D eigenvalue weighted by Crippen LogP contribution is 2.28. The van der Waals surface area contributed by atoms with Gasteiger partial charge in [0.05, 0.1) is 0 Å². The molecule has 1 aliphatic heterocycles. The number of ether oxygens (including phenoxy) is 2. The third-order valence-electron chi connectivity index (χ3n) is 5.39. The molecule has 4 heteroatoms. The zero-order valence-corrected chi connectivity index (χ0v) is 17.5. The molecule has 0 aliphatic carbocycles. The largest absolute Gasteiger partial charge is 0.460 e. The summed E-state index contributed by atoms with van der Waals surface area (Å²) in [6.07, 6.45) is 0. The van der Waals surface area contributed by atoms with E-state index in [1.165, 1.54) is 11.1 Å². The molecule has 30 heavy (non-hydrogen) atoms. The number of nitrogens with zero attached hydrogens (tertiary/aromatic N) is 1. The topological polar surface area (TPSA) is 38.8 Å². The molecular formula is C26H27NO3. The lowest BCUT2D eigenvalue weighted by Crippen LogP contribution is -2.42. The van der Waals surface area contributed by atoms with Crippen LogP contribution >= 0.6 is 0 Å². The number of rotatable bonds is 7. The minimum absolute atomic E-state index is 0.166. The zero-order valence-electron chi connectivity index (χ0n) is 17.5. The van der Waals surface area contributed by atoms with Crippen molar-refractivity contribution >= 4 is 5.97 Å². The Bertz CT molecular complexity index is 975. The van der Waals surface area contributed by atoms with Gasteiger partial charge in [0.2, 0.25) is 0 Å². The molecule has 0 saturated carbocycles. The third kappa shape index (κ3) is 4.71. The SMILES string of the molecule is CC(C)C(C(=O)OCc1cccc(Oc2ccccc2)c1)N1Cc2ccccc2C1. The van der Waals surface area contributed by atoms with E-state index in [-0.39, 0.29) is 24.5 Å². The first-order chi connectivity index (χ1) is 14.6. The van der Waals surface area contributed by atoms with Crippen molar-refractivity contribution in [2.24, 2.45) is 5.92 Å². The van der Waals surface area contributed by atoms with E-state index in [0.717, 1.165) is 30.2 Å². The molecular weight excluding hydrogens is 374 g/mol. The quantitative estimate of drug-likeness (QED) is 0.486. The fraction of sp³-hybridized carbons (Fsp3) is 0.269. The van der Waals surface area contributed by atoms with E-state index in [1.54, 1.807) is 0 Å². The number of esters is 1.